The summed E-state index contributed by atoms with van der Waals surface area (Å²) in [6.07, 6.45) is 5.51. The van der Waals surface area contributed by atoms with Crippen molar-refractivity contribution >= 4 is 40.2 Å². The molecule has 0 aromatic carbocycles. The molecule has 1 aliphatic heterocycles. The molecule has 3 rings (SSSR count). The van der Waals surface area contributed by atoms with Gasteiger partial charge in [-0.15, -0.1) is 0 Å². The van der Waals surface area contributed by atoms with Gasteiger partial charge < -0.3 is 19.4 Å². The van der Waals surface area contributed by atoms with E-state index >= 15 is 0 Å². The lowest BCUT2D eigenvalue weighted by Crippen LogP contribution is -2.41. The molecule has 122 valence electrons. The molecule has 5 nitrogen and oxygen atoms in total. The molecule has 2 aromatic rings. The highest BCUT2D eigenvalue weighted by atomic mass is 79.9. The maximum Gasteiger partial charge on any atom is 0.492 e. The van der Waals surface area contributed by atoms with Gasteiger partial charge in [0, 0.05) is 27.8 Å². The van der Waals surface area contributed by atoms with Gasteiger partial charge >= 0.3 is 7.12 Å². The van der Waals surface area contributed by atoms with Gasteiger partial charge in [-0.2, -0.15) is 0 Å². The number of aliphatic hydroxyl groups is 1. The molecule has 0 radical (unpaired) electrons. The third-order valence-corrected chi connectivity index (χ3v) is 5.04. The third kappa shape index (κ3) is 2.98. The van der Waals surface area contributed by atoms with E-state index in [9.17, 15) is 5.11 Å². The third-order valence-electron chi connectivity index (χ3n) is 4.61. The summed E-state index contributed by atoms with van der Waals surface area (Å²) in [5.41, 5.74) is 1.55. The minimum atomic E-state index is -0.560. The summed E-state index contributed by atoms with van der Waals surface area (Å²) < 4.78 is 12.9. The number of rotatable bonds is 3. The molecular weight excluding hydrogens is 359 g/mol. The van der Waals surface area contributed by atoms with Crippen molar-refractivity contribution in [1.82, 2.24) is 9.97 Å². The predicted octanol–water partition coefficient (Wildman–Crippen LogP) is 3.33. The fraction of sp³-hybridized carbons (Fsp3) is 0.438. The largest absolute Gasteiger partial charge is 0.492 e. The number of halogens is 1. The number of pyridine rings is 1. The Morgan fingerprint density at radius 2 is 2.00 bits per heavy atom. The van der Waals surface area contributed by atoms with Crippen LogP contribution in [-0.2, 0) is 9.31 Å². The van der Waals surface area contributed by atoms with Crippen LogP contribution in [0.25, 0.3) is 17.1 Å². The Hall–Kier alpha value is -1.15. The second-order valence-corrected chi connectivity index (χ2v) is 7.68. The van der Waals surface area contributed by atoms with Crippen molar-refractivity contribution in [2.75, 3.05) is 6.61 Å². The van der Waals surface area contributed by atoms with Gasteiger partial charge in [0.2, 0.25) is 0 Å². The van der Waals surface area contributed by atoms with Gasteiger partial charge in [0.15, 0.2) is 0 Å². The molecule has 23 heavy (non-hydrogen) atoms. The molecule has 3 heterocycles. The number of H-pyrrole nitrogens is 1. The first-order valence-electron chi connectivity index (χ1n) is 7.53. The lowest BCUT2D eigenvalue weighted by atomic mass is 9.77. The average Bonchev–Trinajstić information content (AvgIpc) is 2.94. The molecule has 0 atom stereocenters. The van der Waals surface area contributed by atoms with Crippen LogP contribution < -0.4 is 0 Å². The van der Waals surface area contributed by atoms with Gasteiger partial charge in [-0.1, -0.05) is 6.08 Å². The highest BCUT2D eigenvalue weighted by molar-refractivity contribution is 9.10. The van der Waals surface area contributed by atoms with Gasteiger partial charge in [0.25, 0.3) is 0 Å². The number of aromatic amines is 1. The zero-order valence-corrected chi connectivity index (χ0v) is 15.3. The zero-order chi connectivity index (χ0) is 16.8. The molecule has 1 aliphatic rings. The quantitative estimate of drug-likeness (QED) is 0.804. The first-order valence-corrected chi connectivity index (χ1v) is 8.32. The van der Waals surface area contributed by atoms with E-state index in [4.69, 9.17) is 9.31 Å². The summed E-state index contributed by atoms with van der Waals surface area (Å²) in [7, 11) is -0.560. The highest BCUT2D eigenvalue weighted by Gasteiger charge is 2.52. The van der Waals surface area contributed by atoms with Gasteiger partial charge in [-0.05, 0) is 55.2 Å². The summed E-state index contributed by atoms with van der Waals surface area (Å²) >= 11 is 3.43. The zero-order valence-electron chi connectivity index (χ0n) is 13.7. The van der Waals surface area contributed by atoms with Crippen LogP contribution in [0.2, 0.25) is 0 Å². The van der Waals surface area contributed by atoms with E-state index in [1.54, 1.807) is 6.20 Å². The Kier molecular flexibility index (Phi) is 4.17. The van der Waals surface area contributed by atoms with Crippen molar-refractivity contribution in [3.63, 3.8) is 0 Å². The Balaban J connectivity index is 1.97. The minimum absolute atomic E-state index is 0.134. The van der Waals surface area contributed by atoms with Crippen molar-refractivity contribution in [1.29, 1.82) is 0 Å². The lowest BCUT2D eigenvalue weighted by Gasteiger charge is -2.32. The van der Waals surface area contributed by atoms with Crippen LogP contribution in [0.1, 0.15) is 33.3 Å². The van der Waals surface area contributed by atoms with Crippen molar-refractivity contribution in [3.05, 3.63) is 34.0 Å². The molecule has 2 aromatic heterocycles. The van der Waals surface area contributed by atoms with Crippen molar-refractivity contribution in [2.45, 2.75) is 38.9 Å². The van der Waals surface area contributed by atoms with E-state index in [2.05, 4.69) is 25.9 Å². The molecule has 1 fully saturated rings. The molecule has 0 bridgehead atoms. The van der Waals surface area contributed by atoms with Gasteiger partial charge in [-0.25, -0.2) is 4.98 Å². The summed E-state index contributed by atoms with van der Waals surface area (Å²) in [4.78, 5) is 7.45. The second kappa shape index (κ2) is 5.74. The average molecular weight is 379 g/mol. The van der Waals surface area contributed by atoms with Crippen molar-refractivity contribution in [2.24, 2.45) is 0 Å². The molecule has 2 N–H and O–H groups in total. The van der Waals surface area contributed by atoms with E-state index in [1.807, 2.05) is 46.0 Å². The Bertz CT molecular complexity index is 754. The van der Waals surface area contributed by atoms with E-state index in [0.29, 0.717) is 5.47 Å². The van der Waals surface area contributed by atoms with E-state index in [-0.39, 0.29) is 6.61 Å². The van der Waals surface area contributed by atoms with Crippen LogP contribution in [0.5, 0.6) is 0 Å². The molecular formula is C16H20BBrN2O3. The molecule has 0 aliphatic carbocycles. The van der Waals surface area contributed by atoms with Crippen LogP contribution in [0.3, 0.4) is 0 Å². The van der Waals surface area contributed by atoms with E-state index < -0.39 is 18.3 Å². The molecule has 0 saturated carbocycles. The smallest absolute Gasteiger partial charge is 0.400 e. The fourth-order valence-electron chi connectivity index (χ4n) is 2.50. The standard InChI is InChI=1S/C16H20BBrN2O3/c1-15(2)16(3,4)23-17(22-15)11(9-21)5-10-7-19-14-13(10)6-12(18)8-20-14/h5-8,21H,9H2,1-4H3,(H,19,20). The molecule has 1 saturated heterocycles. The van der Waals surface area contributed by atoms with Gasteiger partial charge in [0.05, 0.1) is 17.8 Å². The lowest BCUT2D eigenvalue weighted by molar-refractivity contribution is 0.00578. The number of nitrogens with one attached hydrogen (secondary N) is 1. The second-order valence-electron chi connectivity index (χ2n) is 6.76. The first kappa shape index (κ1) is 16.7. The van der Waals surface area contributed by atoms with Gasteiger partial charge in [0.1, 0.15) is 5.65 Å². The summed E-state index contributed by atoms with van der Waals surface area (Å²) in [5.74, 6) is 0. The Labute approximate surface area is 144 Å². The maximum absolute atomic E-state index is 9.79. The predicted molar refractivity (Wildman–Crippen MR) is 94.9 cm³/mol. The highest BCUT2D eigenvalue weighted by Crippen LogP contribution is 2.39. The van der Waals surface area contributed by atoms with Gasteiger partial charge in [-0.3, -0.25) is 0 Å². The summed E-state index contributed by atoms with van der Waals surface area (Å²) in [6.45, 7) is 7.85. The SMILES string of the molecule is CC1(C)OB(C(=Cc2c[nH]c3ncc(Br)cc23)CO)OC1(C)C. The van der Waals surface area contributed by atoms with Crippen LogP contribution >= 0.6 is 15.9 Å². The normalized spacial score (nSPS) is 20.4. The molecule has 7 heteroatoms. The number of nitrogens with zero attached hydrogens (tertiary/aromatic N) is 1. The Morgan fingerprint density at radius 1 is 1.35 bits per heavy atom. The number of aromatic nitrogens is 2. The Morgan fingerprint density at radius 3 is 2.61 bits per heavy atom. The minimum Gasteiger partial charge on any atom is -0.400 e. The molecule has 0 unspecified atom stereocenters. The van der Waals surface area contributed by atoms with E-state index in [0.717, 1.165) is 21.1 Å². The van der Waals surface area contributed by atoms with Crippen LogP contribution in [0, 0.1) is 0 Å². The van der Waals surface area contributed by atoms with Crippen molar-refractivity contribution in [3.8, 4) is 0 Å². The van der Waals surface area contributed by atoms with Crippen LogP contribution in [0.15, 0.2) is 28.4 Å². The number of fused-ring (bicyclic) bond motifs is 1. The fourth-order valence-corrected chi connectivity index (χ4v) is 2.83. The summed E-state index contributed by atoms with van der Waals surface area (Å²) in [5, 5.41) is 10.8. The number of hydrogen-bond acceptors (Lipinski definition) is 4. The maximum atomic E-state index is 9.79. The van der Waals surface area contributed by atoms with Crippen molar-refractivity contribution < 1.29 is 14.4 Å². The van der Waals surface area contributed by atoms with E-state index in [1.165, 1.54) is 0 Å². The van der Waals surface area contributed by atoms with Crippen LogP contribution in [-0.4, -0.2) is 40.0 Å². The number of aliphatic hydroxyl groups excluding tert-OH is 1. The molecule has 0 spiro atoms. The number of hydrogen-bond donors (Lipinski definition) is 2. The monoisotopic (exact) mass is 378 g/mol. The first-order chi connectivity index (χ1) is 10.7. The van der Waals surface area contributed by atoms with Crippen LogP contribution in [0.4, 0.5) is 0 Å². The topological polar surface area (TPSA) is 67.4 Å². The summed E-state index contributed by atoms with van der Waals surface area (Å²) in [6, 6.07) is 1.99. The molecule has 0 amide bonds.